The van der Waals surface area contributed by atoms with E-state index in [2.05, 4.69) is 19.8 Å². The van der Waals surface area contributed by atoms with Crippen molar-refractivity contribution >= 4 is 6.03 Å². The van der Waals surface area contributed by atoms with E-state index in [0.29, 0.717) is 0 Å². The lowest BCUT2D eigenvalue weighted by Crippen LogP contribution is -2.52. The molecule has 0 spiro atoms. The number of amides is 2. The molecule has 1 aliphatic carbocycles. The number of carbonyl (C=O) groups excluding carboxylic acids is 1. The Morgan fingerprint density at radius 1 is 1.18 bits per heavy atom. The average Bonchev–Trinajstić information content (AvgIpc) is 3.19. The second kappa shape index (κ2) is 7.63. The molecule has 0 aromatic carbocycles. The lowest BCUT2D eigenvalue weighted by atomic mass is 10.3. The molecule has 6 nitrogen and oxygen atoms in total. The second-order valence-corrected chi connectivity index (χ2v) is 6.47. The van der Waals surface area contributed by atoms with Gasteiger partial charge in [0, 0.05) is 58.2 Å². The van der Waals surface area contributed by atoms with Gasteiger partial charge in [0.2, 0.25) is 0 Å². The number of carbonyl (C=O) groups is 1. The Morgan fingerprint density at radius 2 is 2.00 bits per heavy atom. The number of piperazine rings is 1. The lowest BCUT2D eigenvalue weighted by Gasteiger charge is -2.34. The molecule has 0 atom stereocenters. The van der Waals surface area contributed by atoms with Crippen LogP contribution in [0, 0.1) is 5.92 Å². The Hall–Kier alpha value is -1.56. The molecule has 3 rings (SSSR count). The Morgan fingerprint density at radius 3 is 2.68 bits per heavy atom. The molecule has 22 heavy (non-hydrogen) atoms. The van der Waals surface area contributed by atoms with Crippen molar-refractivity contribution in [2.75, 3.05) is 39.3 Å². The summed E-state index contributed by atoms with van der Waals surface area (Å²) in [7, 11) is 0. The van der Waals surface area contributed by atoms with Crippen molar-refractivity contribution < 1.29 is 4.79 Å². The predicted molar refractivity (Wildman–Crippen MR) is 85.6 cm³/mol. The topological polar surface area (TPSA) is 53.4 Å². The standard InChI is InChI=1S/C16H27N5O/c22-16(18-5-1-2-7-20-8-6-17-14-20)21-11-9-19(10-12-21)13-15-3-4-15/h6,8,14-15H,1-5,7,9-13H2,(H,18,22). The predicted octanol–water partition coefficient (Wildman–Crippen LogP) is 1.40. The molecule has 122 valence electrons. The summed E-state index contributed by atoms with van der Waals surface area (Å²) >= 11 is 0. The fourth-order valence-electron chi connectivity index (χ4n) is 2.94. The van der Waals surface area contributed by atoms with Crippen molar-refractivity contribution in [2.45, 2.75) is 32.2 Å². The molecule has 1 aliphatic heterocycles. The first-order valence-corrected chi connectivity index (χ1v) is 8.52. The number of aromatic nitrogens is 2. The third-order valence-corrected chi connectivity index (χ3v) is 4.55. The summed E-state index contributed by atoms with van der Waals surface area (Å²) in [5.74, 6) is 0.941. The summed E-state index contributed by atoms with van der Waals surface area (Å²) in [4.78, 5) is 20.6. The molecule has 0 bridgehead atoms. The molecular weight excluding hydrogens is 278 g/mol. The van der Waals surface area contributed by atoms with E-state index in [1.807, 2.05) is 17.4 Å². The van der Waals surface area contributed by atoms with E-state index in [4.69, 9.17) is 0 Å². The molecule has 1 aromatic heterocycles. The minimum Gasteiger partial charge on any atom is -0.338 e. The maximum absolute atomic E-state index is 12.1. The van der Waals surface area contributed by atoms with Crippen molar-refractivity contribution in [1.82, 2.24) is 24.7 Å². The van der Waals surface area contributed by atoms with Gasteiger partial charge in [0.15, 0.2) is 0 Å². The van der Waals surface area contributed by atoms with Gasteiger partial charge in [-0.2, -0.15) is 0 Å². The number of hydrogen-bond donors (Lipinski definition) is 1. The number of urea groups is 1. The summed E-state index contributed by atoms with van der Waals surface area (Å²) in [5.41, 5.74) is 0. The number of unbranched alkanes of at least 4 members (excludes halogenated alkanes) is 1. The fourth-order valence-corrected chi connectivity index (χ4v) is 2.94. The first-order valence-electron chi connectivity index (χ1n) is 8.52. The molecule has 2 aliphatic rings. The Labute approximate surface area is 132 Å². The van der Waals surface area contributed by atoms with E-state index < -0.39 is 0 Å². The van der Waals surface area contributed by atoms with Gasteiger partial charge in [0.25, 0.3) is 0 Å². The van der Waals surface area contributed by atoms with E-state index in [9.17, 15) is 4.79 Å². The van der Waals surface area contributed by atoms with E-state index in [1.54, 1.807) is 6.20 Å². The van der Waals surface area contributed by atoms with Crippen molar-refractivity contribution in [3.05, 3.63) is 18.7 Å². The van der Waals surface area contributed by atoms with E-state index in [1.165, 1.54) is 19.4 Å². The number of imidazole rings is 1. The molecule has 2 amide bonds. The number of hydrogen-bond acceptors (Lipinski definition) is 3. The smallest absolute Gasteiger partial charge is 0.317 e. The van der Waals surface area contributed by atoms with Crippen LogP contribution >= 0.6 is 0 Å². The van der Waals surface area contributed by atoms with E-state index >= 15 is 0 Å². The van der Waals surface area contributed by atoms with Crippen molar-refractivity contribution in [2.24, 2.45) is 5.92 Å². The Bertz CT molecular complexity index is 449. The molecule has 0 radical (unpaired) electrons. The molecule has 2 fully saturated rings. The zero-order valence-electron chi connectivity index (χ0n) is 13.3. The minimum atomic E-state index is 0.105. The van der Waals surface area contributed by atoms with Crippen molar-refractivity contribution in [3.8, 4) is 0 Å². The van der Waals surface area contributed by atoms with Gasteiger partial charge >= 0.3 is 6.03 Å². The van der Waals surface area contributed by atoms with Gasteiger partial charge in [-0.15, -0.1) is 0 Å². The molecule has 1 saturated carbocycles. The van der Waals surface area contributed by atoms with E-state index in [-0.39, 0.29) is 6.03 Å². The van der Waals surface area contributed by atoms with Crippen LogP contribution < -0.4 is 5.32 Å². The van der Waals surface area contributed by atoms with Crippen LogP contribution in [0.3, 0.4) is 0 Å². The summed E-state index contributed by atoms with van der Waals surface area (Å²) in [6, 6.07) is 0.105. The summed E-state index contributed by atoms with van der Waals surface area (Å²) in [5, 5.41) is 3.04. The second-order valence-electron chi connectivity index (χ2n) is 6.47. The van der Waals surface area contributed by atoms with Gasteiger partial charge in [-0.1, -0.05) is 0 Å². The molecular formula is C16H27N5O. The van der Waals surface area contributed by atoms with Gasteiger partial charge < -0.3 is 14.8 Å². The Balaban J connectivity index is 1.24. The highest BCUT2D eigenvalue weighted by molar-refractivity contribution is 5.74. The normalized spacial score (nSPS) is 19.4. The van der Waals surface area contributed by atoms with Crippen LogP contribution in [0.25, 0.3) is 0 Å². The maximum Gasteiger partial charge on any atom is 0.317 e. The van der Waals surface area contributed by atoms with Crippen LogP contribution in [0.5, 0.6) is 0 Å². The van der Waals surface area contributed by atoms with Crippen molar-refractivity contribution in [1.29, 1.82) is 0 Å². The highest BCUT2D eigenvalue weighted by Gasteiger charge is 2.27. The van der Waals surface area contributed by atoms with Crippen molar-refractivity contribution in [3.63, 3.8) is 0 Å². The number of nitrogens with zero attached hydrogens (tertiary/aromatic N) is 4. The average molecular weight is 305 g/mol. The highest BCUT2D eigenvalue weighted by atomic mass is 16.2. The van der Waals surface area contributed by atoms with Gasteiger partial charge in [0.1, 0.15) is 0 Å². The first-order chi connectivity index (χ1) is 10.8. The SMILES string of the molecule is O=C(NCCCCn1ccnc1)N1CCN(CC2CC2)CC1. The third-order valence-electron chi connectivity index (χ3n) is 4.55. The summed E-state index contributed by atoms with van der Waals surface area (Å²) in [6.07, 6.45) is 10.5. The zero-order chi connectivity index (χ0) is 15.2. The molecule has 6 heteroatoms. The van der Waals surface area contributed by atoms with Crippen LogP contribution in [0.15, 0.2) is 18.7 Å². The molecule has 1 aromatic rings. The molecule has 1 saturated heterocycles. The summed E-state index contributed by atoms with van der Waals surface area (Å²) < 4.78 is 2.07. The minimum absolute atomic E-state index is 0.105. The number of aryl methyl sites for hydroxylation is 1. The van der Waals surface area contributed by atoms with Crippen LogP contribution in [0.2, 0.25) is 0 Å². The number of rotatable bonds is 7. The lowest BCUT2D eigenvalue weighted by molar-refractivity contribution is 0.136. The maximum atomic E-state index is 12.1. The largest absolute Gasteiger partial charge is 0.338 e. The monoisotopic (exact) mass is 305 g/mol. The first kappa shape index (κ1) is 15.3. The van der Waals surface area contributed by atoms with Crippen LogP contribution in [-0.4, -0.2) is 64.7 Å². The number of nitrogens with one attached hydrogen (secondary N) is 1. The van der Waals surface area contributed by atoms with Gasteiger partial charge in [0.05, 0.1) is 6.33 Å². The van der Waals surface area contributed by atoms with Crippen LogP contribution in [-0.2, 0) is 6.54 Å². The zero-order valence-corrected chi connectivity index (χ0v) is 13.3. The van der Waals surface area contributed by atoms with Gasteiger partial charge in [-0.25, -0.2) is 9.78 Å². The molecule has 2 heterocycles. The van der Waals surface area contributed by atoms with Gasteiger partial charge in [-0.05, 0) is 31.6 Å². The third kappa shape index (κ3) is 4.73. The summed E-state index contributed by atoms with van der Waals surface area (Å²) in [6.45, 7) is 6.77. The highest BCUT2D eigenvalue weighted by Crippen LogP contribution is 2.29. The molecule has 0 unspecified atom stereocenters. The van der Waals surface area contributed by atoms with Crippen LogP contribution in [0.1, 0.15) is 25.7 Å². The Kier molecular flexibility index (Phi) is 5.32. The fraction of sp³-hybridized carbons (Fsp3) is 0.750. The van der Waals surface area contributed by atoms with Gasteiger partial charge in [-0.3, -0.25) is 4.90 Å². The van der Waals surface area contributed by atoms with Crippen LogP contribution in [0.4, 0.5) is 4.79 Å². The van der Waals surface area contributed by atoms with E-state index in [0.717, 1.165) is 58.0 Å². The molecule has 1 N–H and O–H groups in total. The quantitative estimate of drug-likeness (QED) is 0.775.